The number of hydrogen-bond acceptors (Lipinski definition) is 4. The van der Waals surface area contributed by atoms with Crippen LogP contribution in [0, 0.1) is 6.92 Å². The molecule has 1 N–H and O–H groups in total. The number of carbonyl (C=O) groups is 1. The highest BCUT2D eigenvalue weighted by Gasteiger charge is 2.15. The second-order valence-corrected chi connectivity index (χ2v) is 8.61. The van der Waals surface area contributed by atoms with Crippen molar-refractivity contribution in [2.45, 2.75) is 29.7 Å². The molecule has 4 nitrogen and oxygen atoms in total. The SMILES string of the molecule is CSc1ccc(C)c(C(=O)NC(C)c2ccc(S(C)(=O)=O)cc2)c1. The van der Waals surface area contributed by atoms with Crippen molar-refractivity contribution in [3.63, 3.8) is 0 Å². The smallest absolute Gasteiger partial charge is 0.252 e. The molecule has 128 valence electrons. The molecule has 0 fully saturated rings. The summed E-state index contributed by atoms with van der Waals surface area (Å²) in [6.45, 7) is 3.78. The maximum atomic E-state index is 12.5. The first-order valence-electron chi connectivity index (χ1n) is 7.48. The highest BCUT2D eigenvalue weighted by atomic mass is 32.2. The van der Waals surface area contributed by atoms with Crippen molar-refractivity contribution in [1.82, 2.24) is 5.32 Å². The maximum Gasteiger partial charge on any atom is 0.252 e. The van der Waals surface area contributed by atoms with Crippen molar-refractivity contribution in [3.05, 3.63) is 59.2 Å². The van der Waals surface area contributed by atoms with E-state index in [0.29, 0.717) is 5.56 Å². The van der Waals surface area contributed by atoms with Crippen LogP contribution in [0.5, 0.6) is 0 Å². The van der Waals surface area contributed by atoms with Gasteiger partial charge in [-0.25, -0.2) is 8.42 Å². The lowest BCUT2D eigenvalue weighted by Gasteiger charge is -2.16. The summed E-state index contributed by atoms with van der Waals surface area (Å²) in [5.41, 5.74) is 2.43. The molecular formula is C18H21NO3S2. The van der Waals surface area contributed by atoms with Gasteiger partial charge in [0.2, 0.25) is 0 Å². The van der Waals surface area contributed by atoms with Gasteiger partial charge in [-0.2, -0.15) is 0 Å². The Bertz CT molecular complexity index is 843. The zero-order chi connectivity index (χ0) is 17.9. The summed E-state index contributed by atoms with van der Waals surface area (Å²) in [5, 5.41) is 2.97. The van der Waals surface area contributed by atoms with E-state index in [1.54, 1.807) is 36.0 Å². The molecule has 0 heterocycles. The Morgan fingerprint density at radius 1 is 1.12 bits per heavy atom. The predicted octanol–water partition coefficient (Wildman–Crippen LogP) is 3.61. The third kappa shape index (κ3) is 4.39. The molecule has 0 aliphatic rings. The number of rotatable bonds is 5. The first-order chi connectivity index (χ1) is 11.2. The van der Waals surface area contributed by atoms with E-state index >= 15 is 0 Å². The van der Waals surface area contributed by atoms with Gasteiger partial charge in [0.25, 0.3) is 5.91 Å². The molecule has 0 aliphatic heterocycles. The number of sulfone groups is 1. The van der Waals surface area contributed by atoms with E-state index in [9.17, 15) is 13.2 Å². The van der Waals surface area contributed by atoms with Crippen molar-refractivity contribution in [2.24, 2.45) is 0 Å². The Labute approximate surface area is 147 Å². The molecular weight excluding hydrogens is 342 g/mol. The molecule has 1 atom stereocenters. The number of thioether (sulfide) groups is 1. The van der Waals surface area contributed by atoms with Crippen LogP contribution in [0.1, 0.15) is 34.5 Å². The van der Waals surface area contributed by atoms with Crippen LogP contribution in [0.3, 0.4) is 0 Å². The Morgan fingerprint density at radius 3 is 2.29 bits per heavy atom. The third-order valence-corrected chi connectivity index (χ3v) is 5.70. The number of hydrogen-bond donors (Lipinski definition) is 1. The van der Waals surface area contributed by atoms with E-state index in [1.165, 1.54) is 6.26 Å². The molecule has 24 heavy (non-hydrogen) atoms. The van der Waals surface area contributed by atoms with Crippen molar-refractivity contribution in [1.29, 1.82) is 0 Å². The average molecular weight is 364 g/mol. The van der Waals surface area contributed by atoms with Gasteiger partial charge < -0.3 is 5.32 Å². The van der Waals surface area contributed by atoms with Crippen molar-refractivity contribution >= 4 is 27.5 Å². The lowest BCUT2D eigenvalue weighted by atomic mass is 10.1. The van der Waals surface area contributed by atoms with Crippen molar-refractivity contribution in [2.75, 3.05) is 12.5 Å². The van der Waals surface area contributed by atoms with Crippen LogP contribution in [0.25, 0.3) is 0 Å². The van der Waals surface area contributed by atoms with Gasteiger partial charge in [0.05, 0.1) is 10.9 Å². The highest BCUT2D eigenvalue weighted by Crippen LogP contribution is 2.21. The minimum atomic E-state index is -3.21. The predicted molar refractivity (Wildman–Crippen MR) is 98.4 cm³/mol. The highest BCUT2D eigenvalue weighted by molar-refractivity contribution is 7.98. The van der Waals surface area contributed by atoms with Gasteiger partial charge in [0.1, 0.15) is 0 Å². The van der Waals surface area contributed by atoms with E-state index in [1.807, 2.05) is 38.3 Å². The molecule has 1 unspecified atom stereocenters. The summed E-state index contributed by atoms with van der Waals surface area (Å²) in [7, 11) is -3.21. The largest absolute Gasteiger partial charge is 0.346 e. The van der Waals surface area contributed by atoms with Crippen LogP contribution >= 0.6 is 11.8 Å². The summed E-state index contributed by atoms with van der Waals surface area (Å²) in [6, 6.07) is 12.2. The molecule has 6 heteroatoms. The molecule has 0 spiro atoms. The van der Waals surface area contributed by atoms with Crippen LogP contribution in [-0.4, -0.2) is 26.8 Å². The molecule has 0 saturated heterocycles. The fourth-order valence-corrected chi connectivity index (χ4v) is 3.40. The normalized spacial score (nSPS) is 12.7. The fraction of sp³-hybridized carbons (Fsp3) is 0.278. The maximum absolute atomic E-state index is 12.5. The van der Waals surface area contributed by atoms with Gasteiger partial charge >= 0.3 is 0 Å². The van der Waals surface area contributed by atoms with Gasteiger partial charge in [-0.3, -0.25) is 4.79 Å². The monoisotopic (exact) mass is 363 g/mol. The molecule has 0 saturated carbocycles. The number of aryl methyl sites for hydroxylation is 1. The topological polar surface area (TPSA) is 63.2 Å². The first-order valence-corrected chi connectivity index (χ1v) is 10.6. The lowest BCUT2D eigenvalue weighted by Crippen LogP contribution is -2.27. The number of carbonyl (C=O) groups excluding carboxylic acids is 1. The summed E-state index contributed by atoms with van der Waals surface area (Å²) >= 11 is 1.59. The van der Waals surface area contributed by atoms with E-state index in [0.717, 1.165) is 16.0 Å². The zero-order valence-corrected chi connectivity index (χ0v) is 15.8. The molecule has 2 aromatic carbocycles. The van der Waals surface area contributed by atoms with Gasteiger partial charge in [0.15, 0.2) is 9.84 Å². The summed E-state index contributed by atoms with van der Waals surface area (Å²) in [6.07, 6.45) is 3.15. The van der Waals surface area contributed by atoms with Gasteiger partial charge in [-0.05, 0) is 55.5 Å². The number of amides is 1. The van der Waals surface area contributed by atoms with Crippen LogP contribution in [0.15, 0.2) is 52.3 Å². The minimum Gasteiger partial charge on any atom is -0.346 e. The van der Waals surface area contributed by atoms with Crippen LogP contribution in [-0.2, 0) is 9.84 Å². The quantitative estimate of drug-likeness (QED) is 0.824. The van der Waals surface area contributed by atoms with Gasteiger partial charge in [-0.15, -0.1) is 11.8 Å². The van der Waals surface area contributed by atoms with Gasteiger partial charge in [0, 0.05) is 16.7 Å². The molecule has 2 aromatic rings. The lowest BCUT2D eigenvalue weighted by molar-refractivity contribution is 0.0939. The van der Waals surface area contributed by atoms with E-state index in [-0.39, 0.29) is 16.8 Å². The standard InChI is InChI=1S/C18H21NO3S2/c1-12-5-8-15(23-3)11-17(12)18(20)19-13(2)14-6-9-16(10-7-14)24(4,21)22/h5-11,13H,1-4H3,(H,19,20). The Kier molecular flexibility index (Phi) is 5.72. The van der Waals surface area contributed by atoms with Crippen LogP contribution in [0.2, 0.25) is 0 Å². The molecule has 0 radical (unpaired) electrons. The Balaban J connectivity index is 2.17. The fourth-order valence-electron chi connectivity index (χ4n) is 2.33. The molecule has 2 rings (SSSR count). The van der Waals surface area contributed by atoms with Gasteiger partial charge in [-0.1, -0.05) is 18.2 Å². The Hall–Kier alpha value is -1.79. The number of nitrogens with one attached hydrogen (secondary N) is 1. The van der Waals surface area contributed by atoms with E-state index in [4.69, 9.17) is 0 Å². The molecule has 0 aromatic heterocycles. The minimum absolute atomic E-state index is 0.136. The van der Waals surface area contributed by atoms with Crippen LogP contribution < -0.4 is 5.32 Å². The molecule has 0 aliphatic carbocycles. The zero-order valence-electron chi connectivity index (χ0n) is 14.2. The van der Waals surface area contributed by atoms with E-state index in [2.05, 4.69) is 5.32 Å². The molecule has 1 amide bonds. The second-order valence-electron chi connectivity index (χ2n) is 5.72. The number of benzene rings is 2. The summed E-state index contributed by atoms with van der Waals surface area (Å²) in [5.74, 6) is -0.136. The summed E-state index contributed by atoms with van der Waals surface area (Å²) < 4.78 is 23.0. The first kappa shape index (κ1) is 18.5. The Morgan fingerprint density at radius 2 is 1.75 bits per heavy atom. The second kappa shape index (κ2) is 7.40. The summed E-state index contributed by atoms with van der Waals surface area (Å²) in [4.78, 5) is 13.8. The third-order valence-electron chi connectivity index (χ3n) is 3.85. The average Bonchev–Trinajstić information content (AvgIpc) is 2.54. The van der Waals surface area contributed by atoms with Crippen molar-refractivity contribution in [3.8, 4) is 0 Å². The van der Waals surface area contributed by atoms with E-state index < -0.39 is 9.84 Å². The van der Waals surface area contributed by atoms with Crippen LogP contribution in [0.4, 0.5) is 0 Å². The molecule has 0 bridgehead atoms. The van der Waals surface area contributed by atoms with Crippen molar-refractivity contribution < 1.29 is 13.2 Å².